The Bertz CT molecular complexity index is 463. The van der Waals surface area contributed by atoms with Gasteiger partial charge in [0.25, 0.3) is 0 Å². The minimum absolute atomic E-state index is 0.133. The van der Waals surface area contributed by atoms with E-state index in [0.29, 0.717) is 17.3 Å². The molecule has 0 aromatic carbocycles. The Morgan fingerprint density at radius 2 is 2.22 bits per heavy atom. The number of nitrogens with zero attached hydrogens (tertiary/aromatic N) is 1. The Morgan fingerprint density at radius 3 is 2.72 bits per heavy atom. The highest BCUT2D eigenvalue weighted by molar-refractivity contribution is 6.34. The van der Waals surface area contributed by atoms with E-state index in [2.05, 4.69) is 10.3 Å². The molecule has 0 spiro atoms. The molecule has 0 radical (unpaired) electrons. The third kappa shape index (κ3) is 2.94. The fourth-order valence-corrected chi connectivity index (χ4v) is 2.64. The molecule has 0 atom stereocenters. The molecule has 0 aliphatic heterocycles. The number of amides is 1. The van der Waals surface area contributed by atoms with Crippen LogP contribution in [0.15, 0.2) is 6.07 Å². The van der Waals surface area contributed by atoms with E-state index in [1.165, 1.54) is 0 Å². The molecule has 4 nitrogen and oxygen atoms in total. The van der Waals surface area contributed by atoms with Crippen molar-refractivity contribution in [2.24, 2.45) is 5.73 Å². The van der Waals surface area contributed by atoms with Crippen LogP contribution in [0.4, 0.5) is 5.69 Å². The van der Waals surface area contributed by atoms with Crippen LogP contribution < -0.4 is 11.1 Å². The number of nitrogens with two attached hydrogens (primary N) is 1. The lowest BCUT2D eigenvalue weighted by molar-refractivity contribution is -0.118. The topological polar surface area (TPSA) is 68.0 Å². The second-order valence-electron chi connectivity index (χ2n) is 4.87. The van der Waals surface area contributed by atoms with Crippen molar-refractivity contribution in [2.75, 3.05) is 5.32 Å². The monoisotopic (exact) mass is 287 g/mol. The fraction of sp³-hybridized carbons (Fsp3) is 0.500. The predicted octanol–water partition coefficient (Wildman–Crippen LogP) is 2.91. The van der Waals surface area contributed by atoms with Gasteiger partial charge in [-0.15, -0.1) is 0 Å². The van der Waals surface area contributed by atoms with Crippen molar-refractivity contribution in [3.63, 3.8) is 0 Å². The summed E-state index contributed by atoms with van der Waals surface area (Å²) in [7, 11) is 0. The zero-order valence-corrected chi connectivity index (χ0v) is 11.6. The number of aryl methyl sites for hydroxylation is 1. The lowest BCUT2D eigenvalue weighted by atomic mass is 9.75. The van der Waals surface area contributed by atoms with E-state index in [4.69, 9.17) is 28.9 Å². The molecular weight excluding hydrogens is 273 g/mol. The Balaban J connectivity index is 2.07. The third-order valence-electron chi connectivity index (χ3n) is 3.27. The van der Waals surface area contributed by atoms with Gasteiger partial charge in [-0.2, -0.15) is 0 Å². The van der Waals surface area contributed by atoms with Crippen LogP contribution in [0.2, 0.25) is 10.3 Å². The van der Waals surface area contributed by atoms with Crippen molar-refractivity contribution in [2.45, 2.75) is 38.1 Å². The van der Waals surface area contributed by atoms with Gasteiger partial charge in [0.05, 0.1) is 5.69 Å². The van der Waals surface area contributed by atoms with Gasteiger partial charge >= 0.3 is 0 Å². The Kier molecular flexibility index (Phi) is 3.80. The van der Waals surface area contributed by atoms with Gasteiger partial charge in [0.1, 0.15) is 5.15 Å². The second kappa shape index (κ2) is 5.03. The van der Waals surface area contributed by atoms with Crippen molar-refractivity contribution in [3.05, 3.63) is 21.9 Å². The maximum atomic E-state index is 11.9. The van der Waals surface area contributed by atoms with Crippen molar-refractivity contribution in [1.29, 1.82) is 0 Å². The number of carbonyl (C=O) groups excluding carboxylic acids is 1. The van der Waals surface area contributed by atoms with Crippen LogP contribution in [0.25, 0.3) is 0 Å². The van der Waals surface area contributed by atoms with Gasteiger partial charge in [0.2, 0.25) is 5.91 Å². The fourth-order valence-electron chi connectivity index (χ4n) is 2.06. The number of nitrogens with one attached hydrogen (secondary N) is 1. The van der Waals surface area contributed by atoms with Crippen molar-refractivity contribution in [1.82, 2.24) is 4.98 Å². The molecule has 0 unspecified atom stereocenters. The molecule has 6 heteroatoms. The molecule has 0 bridgehead atoms. The van der Waals surface area contributed by atoms with Gasteiger partial charge in [0.15, 0.2) is 5.15 Å². The molecule has 18 heavy (non-hydrogen) atoms. The number of hydrogen-bond acceptors (Lipinski definition) is 3. The summed E-state index contributed by atoms with van der Waals surface area (Å²) in [6, 6.07) is 1.66. The summed E-state index contributed by atoms with van der Waals surface area (Å²) < 4.78 is 0. The predicted molar refractivity (Wildman–Crippen MR) is 73.0 cm³/mol. The summed E-state index contributed by atoms with van der Waals surface area (Å²) in [6.07, 6.45) is 3.19. The number of pyridine rings is 1. The molecule has 98 valence electrons. The molecule has 1 aromatic rings. The van der Waals surface area contributed by atoms with Gasteiger partial charge in [-0.3, -0.25) is 4.79 Å². The zero-order valence-electron chi connectivity index (χ0n) is 10.1. The smallest absolute Gasteiger partial charge is 0.226 e. The standard InChI is InChI=1S/C12H15Cl2N3O/c1-7-5-8(13)16-11(14)10(7)17-9(18)6-12(15)3-2-4-12/h5H,2-4,6,15H2,1H3,(H,17,18). The van der Waals surface area contributed by atoms with Crippen LogP contribution in [0.3, 0.4) is 0 Å². The molecule has 1 saturated carbocycles. The molecule has 1 heterocycles. The van der Waals surface area contributed by atoms with E-state index < -0.39 is 0 Å². The molecule has 3 N–H and O–H groups in total. The first-order valence-electron chi connectivity index (χ1n) is 5.81. The molecule has 1 aliphatic rings. The van der Waals surface area contributed by atoms with Gasteiger partial charge < -0.3 is 11.1 Å². The molecular formula is C12H15Cl2N3O. The first-order valence-corrected chi connectivity index (χ1v) is 6.57. The zero-order chi connectivity index (χ0) is 13.3. The number of anilines is 1. The Hall–Kier alpha value is -0.840. The summed E-state index contributed by atoms with van der Waals surface area (Å²) in [4.78, 5) is 15.8. The van der Waals surface area contributed by atoms with E-state index in [-0.39, 0.29) is 16.6 Å². The second-order valence-corrected chi connectivity index (χ2v) is 5.61. The molecule has 1 aliphatic carbocycles. The van der Waals surface area contributed by atoms with Gasteiger partial charge in [-0.1, -0.05) is 23.2 Å². The highest BCUT2D eigenvalue weighted by atomic mass is 35.5. The van der Waals surface area contributed by atoms with Crippen LogP contribution in [-0.2, 0) is 4.79 Å². The quantitative estimate of drug-likeness (QED) is 0.840. The van der Waals surface area contributed by atoms with Crippen LogP contribution in [0.1, 0.15) is 31.2 Å². The summed E-state index contributed by atoms with van der Waals surface area (Å²) in [5.74, 6) is -0.133. The highest BCUT2D eigenvalue weighted by Gasteiger charge is 2.34. The number of aromatic nitrogens is 1. The van der Waals surface area contributed by atoms with E-state index >= 15 is 0 Å². The lowest BCUT2D eigenvalue weighted by Gasteiger charge is -2.37. The first-order chi connectivity index (χ1) is 8.39. The van der Waals surface area contributed by atoms with Crippen LogP contribution in [-0.4, -0.2) is 16.4 Å². The van der Waals surface area contributed by atoms with Gasteiger partial charge in [0, 0.05) is 12.0 Å². The van der Waals surface area contributed by atoms with Crippen molar-refractivity contribution in [3.8, 4) is 0 Å². The van der Waals surface area contributed by atoms with Crippen molar-refractivity contribution < 1.29 is 4.79 Å². The highest BCUT2D eigenvalue weighted by Crippen LogP contribution is 2.33. The summed E-state index contributed by atoms with van der Waals surface area (Å²) in [6.45, 7) is 1.82. The van der Waals surface area contributed by atoms with E-state index in [1.807, 2.05) is 6.92 Å². The van der Waals surface area contributed by atoms with Crippen LogP contribution in [0, 0.1) is 6.92 Å². The van der Waals surface area contributed by atoms with Crippen molar-refractivity contribution >= 4 is 34.8 Å². The normalized spacial score (nSPS) is 17.1. The average molecular weight is 288 g/mol. The Morgan fingerprint density at radius 1 is 1.56 bits per heavy atom. The number of rotatable bonds is 3. The molecule has 1 fully saturated rings. The van der Waals surface area contributed by atoms with Gasteiger partial charge in [-0.05, 0) is 37.8 Å². The maximum absolute atomic E-state index is 11.9. The van der Waals surface area contributed by atoms with Crippen LogP contribution in [0.5, 0.6) is 0 Å². The average Bonchev–Trinajstić information content (AvgIpc) is 2.21. The molecule has 0 saturated heterocycles. The van der Waals surface area contributed by atoms with E-state index in [9.17, 15) is 4.79 Å². The summed E-state index contributed by atoms with van der Waals surface area (Å²) in [5.41, 5.74) is 6.98. The van der Waals surface area contributed by atoms with Crippen LogP contribution >= 0.6 is 23.2 Å². The molecule has 1 amide bonds. The first kappa shape index (κ1) is 13.6. The third-order valence-corrected chi connectivity index (χ3v) is 3.73. The van der Waals surface area contributed by atoms with E-state index in [1.54, 1.807) is 6.07 Å². The van der Waals surface area contributed by atoms with E-state index in [0.717, 1.165) is 24.8 Å². The minimum atomic E-state index is -0.343. The molecule has 2 rings (SSSR count). The van der Waals surface area contributed by atoms with Gasteiger partial charge in [-0.25, -0.2) is 4.98 Å². The number of halogens is 2. The largest absolute Gasteiger partial charge is 0.325 e. The lowest BCUT2D eigenvalue weighted by Crippen LogP contribution is -2.49. The Labute approximate surface area is 116 Å². The summed E-state index contributed by atoms with van der Waals surface area (Å²) >= 11 is 11.7. The molecule has 1 aromatic heterocycles. The maximum Gasteiger partial charge on any atom is 0.226 e. The number of hydrogen-bond donors (Lipinski definition) is 2. The number of carbonyl (C=O) groups is 1. The minimum Gasteiger partial charge on any atom is -0.325 e. The SMILES string of the molecule is Cc1cc(Cl)nc(Cl)c1NC(=O)CC1(N)CCC1. The summed E-state index contributed by atoms with van der Waals surface area (Å²) in [5, 5.41) is 3.27.